The van der Waals surface area contributed by atoms with Crippen LogP contribution in [-0.4, -0.2) is 57.9 Å². The van der Waals surface area contributed by atoms with Crippen LogP contribution in [0.15, 0.2) is 53.5 Å². The van der Waals surface area contributed by atoms with Crippen LogP contribution in [0.4, 0.5) is 0 Å². The van der Waals surface area contributed by atoms with E-state index < -0.39 is 0 Å². The fourth-order valence-corrected chi connectivity index (χ4v) is 3.47. The molecule has 1 fully saturated rings. The van der Waals surface area contributed by atoms with Crippen molar-refractivity contribution in [3.05, 3.63) is 65.2 Å². The van der Waals surface area contributed by atoms with Gasteiger partial charge in [0.1, 0.15) is 5.75 Å². The Morgan fingerprint density at radius 2 is 1.83 bits per heavy atom. The molecule has 0 radical (unpaired) electrons. The first-order chi connectivity index (χ1) is 14.7. The summed E-state index contributed by atoms with van der Waals surface area (Å²) < 4.78 is 10.8. The van der Waals surface area contributed by atoms with E-state index in [2.05, 4.69) is 38.7 Å². The highest BCUT2D eigenvalue weighted by Gasteiger charge is 2.23. The van der Waals surface area contributed by atoms with E-state index in [9.17, 15) is 0 Å². The van der Waals surface area contributed by atoms with Crippen LogP contribution in [0.2, 0.25) is 0 Å². The fraction of sp³-hybridized carbons (Fsp3) is 0.391. The first-order valence-electron chi connectivity index (χ1n) is 10.1. The van der Waals surface area contributed by atoms with Crippen molar-refractivity contribution in [1.82, 2.24) is 15.5 Å². The molecule has 1 aliphatic rings. The Kier molecular flexibility index (Phi) is 8.07. The number of hydrogen-bond donors (Lipinski definition) is 2. The number of nitrogens with zero attached hydrogens (tertiary/aromatic N) is 3. The first kappa shape index (κ1) is 21.6. The van der Waals surface area contributed by atoms with Crippen LogP contribution in [0.25, 0.3) is 0 Å². The van der Waals surface area contributed by atoms with Crippen LogP contribution >= 0.6 is 0 Å². The van der Waals surface area contributed by atoms with Gasteiger partial charge in [0.2, 0.25) is 0 Å². The molecule has 1 unspecified atom stereocenters. The Morgan fingerprint density at radius 1 is 1.13 bits per heavy atom. The predicted molar refractivity (Wildman–Crippen MR) is 117 cm³/mol. The van der Waals surface area contributed by atoms with Gasteiger partial charge in [-0.05, 0) is 35.4 Å². The molecule has 1 saturated heterocycles. The highest BCUT2D eigenvalue weighted by atomic mass is 16.5. The van der Waals surface area contributed by atoms with E-state index in [1.165, 1.54) is 5.56 Å². The molecular formula is C23H29N5O2. The third kappa shape index (κ3) is 5.96. The SMILES string of the molecule is CN=C(NCc1ccc(C#N)cc1)NCC(c1ccc(OC)cc1)N1CCOCC1. The Balaban J connectivity index is 1.62. The lowest BCUT2D eigenvalue weighted by Gasteiger charge is -2.35. The Hall–Kier alpha value is -3.08. The van der Waals surface area contributed by atoms with Gasteiger partial charge < -0.3 is 20.1 Å². The zero-order valence-corrected chi connectivity index (χ0v) is 17.6. The molecule has 1 aliphatic heterocycles. The van der Waals surface area contributed by atoms with Gasteiger partial charge >= 0.3 is 0 Å². The summed E-state index contributed by atoms with van der Waals surface area (Å²) in [6.45, 7) is 4.65. The van der Waals surface area contributed by atoms with Crippen molar-refractivity contribution in [3.63, 3.8) is 0 Å². The molecule has 7 heteroatoms. The molecule has 0 spiro atoms. The zero-order valence-electron chi connectivity index (χ0n) is 17.6. The van der Waals surface area contributed by atoms with Gasteiger partial charge in [-0.15, -0.1) is 0 Å². The van der Waals surface area contributed by atoms with Crippen LogP contribution in [0.1, 0.15) is 22.7 Å². The molecule has 0 amide bonds. The maximum absolute atomic E-state index is 8.92. The normalized spacial score (nSPS) is 15.8. The van der Waals surface area contributed by atoms with Crippen molar-refractivity contribution in [2.45, 2.75) is 12.6 Å². The van der Waals surface area contributed by atoms with Crippen molar-refractivity contribution < 1.29 is 9.47 Å². The lowest BCUT2D eigenvalue weighted by atomic mass is 10.0. The van der Waals surface area contributed by atoms with Gasteiger partial charge in [0.25, 0.3) is 0 Å². The molecule has 2 N–H and O–H groups in total. The molecule has 0 saturated carbocycles. The van der Waals surface area contributed by atoms with Gasteiger partial charge in [-0.1, -0.05) is 24.3 Å². The molecule has 7 nitrogen and oxygen atoms in total. The van der Waals surface area contributed by atoms with Crippen LogP contribution in [0.5, 0.6) is 5.75 Å². The lowest BCUT2D eigenvalue weighted by molar-refractivity contribution is 0.0170. The Morgan fingerprint density at radius 3 is 2.43 bits per heavy atom. The number of benzene rings is 2. The van der Waals surface area contributed by atoms with E-state index in [1.54, 1.807) is 14.2 Å². The molecule has 0 aliphatic carbocycles. The quantitative estimate of drug-likeness (QED) is 0.541. The van der Waals surface area contributed by atoms with E-state index in [0.717, 1.165) is 50.1 Å². The molecule has 30 heavy (non-hydrogen) atoms. The minimum absolute atomic E-state index is 0.202. The number of aliphatic imine (C=N–C) groups is 1. The summed E-state index contributed by atoms with van der Waals surface area (Å²) in [6, 6.07) is 18.1. The second-order valence-corrected chi connectivity index (χ2v) is 7.05. The summed E-state index contributed by atoms with van der Waals surface area (Å²) in [5, 5.41) is 15.7. The van der Waals surface area contributed by atoms with E-state index in [0.29, 0.717) is 12.1 Å². The number of morpholine rings is 1. The number of hydrogen-bond acceptors (Lipinski definition) is 5. The van der Waals surface area contributed by atoms with Gasteiger partial charge in [-0.2, -0.15) is 5.26 Å². The summed E-state index contributed by atoms with van der Waals surface area (Å²) in [5.41, 5.74) is 2.98. The van der Waals surface area contributed by atoms with Gasteiger partial charge in [-0.3, -0.25) is 9.89 Å². The molecule has 2 aromatic rings. The van der Waals surface area contributed by atoms with Gasteiger partial charge in [0.05, 0.1) is 38.0 Å². The fourth-order valence-electron chi connectivity index (χ4n) is 3.47. The minimum atomic E-state index is 0.202. The average Bonchev–Trinajstić information content (AvgIpc) is 2.82. The van der Waals surface area contributed by atoms with E-state index in [4.69, 9.17) is 14.7 Å². The Labute approximate surface area is 178 Å². The second-order valence-electron chi connectivity index (χ2n) is 7.05. The monoisotopic (exact) mass is 407 g/mol. The maximum Gasteiger partial charge on any atom is 0.191 e. The average molecular weight is 408 g/mol. The largest absolute Gasteiger partial charge is 0.497 e. The van der Waals surface area contributed by atoms with E-state index >= 15 is 0 Å². The summed E-state index contributed by atoms with van der Waals surface area (Å²) >= 11 is 0. The number of ether oxygens (including phenoxy) is 2. The third-order valence-corrected chi connectivity index (χ3v) is 5.22. The summed E-state index contributed by atoms with van der Waals surface area (Å²) in [7, 11) is 3.45. The third-order valence-electron chi connectivity index (χ3n) is 5.22. The number of rotatable bonds is 7. The number of nitrogens with one attached hydrogen (secondary N) is 2. The number of guanidine groups is 1. The number of nitriles is 1. The van der Waals surface area contributed by atoms with Crippen LogP contribution < -0.4 is 15.4 Å². The molecular weight excluding hydrogens is 378 g/mol. The molecule has 0 aromatic heterocycles. The second kappa shape index (κ2) is 11.2. The molecule has 1 atom stereocenters. The number of methoxy groups -OCH3 is 1. The topological polar surface area (TPSA) is 81.9 Å². The summed E-state index contributed by atoms with van der Waals surface area (Å²) in [4.78, 5) is 6.79. The zero-order chi connectivity index (χ0) is 21.2. The molecule has 3 rings (SSSR count). The Bertz CT molecular complexity index is 853. The van der Waals surface area contributed by atoms with Crippen molar-refractivity contribution in [2.75, 3.05) is 47.0 Å². The van der Waals surface area contributed by atoms with Crippen LogP contribution in [0, 0.1) is 11.3 Å². The van der Waals surface area contributed by atoms with Gasteiger partial charge in [0.15, 0.2) is 5.96 Å². The lowest BCUT2D eigenvalue weighted by Crippen LogP contribution is -2.46. The molecule has 2 aromatic carbocycles. The highest BCUT2D eigenvalue weighted by Crippen LogP contribution is 2.23. The van der Waals surface area contributed by atoms with Crippen molar-refractivity contribution in [2.24, 2.45) is 4.99 Å². The van der Waals surface area contributed by atoms with Gasteiger partial charge in [0, 0.05) is 33.2 Å². The minimum Gasteiger partial charge on any atom is -0.497 e. The van der Waals surface area contributed by atoms with Crippen molar-refractivity contribution in [3.8, 4) is 11.8 Å². The first-order valence-corrected chi connectivity index (χ1v) is 10.1. The smallest absolute Gasteiger partial charge is 0.191 e. The molecule has 0 bridgehead atoms. The van der Waals surface area contributed by atoms with Crippen molar-refractivity contribution in [1.29, 1.82) is 5.26 Å². The molecule has 158 valence electrons. The maximum atomic E-state index is 8.92. The van der Waals surface area contributed by atoms with Crippen LogP contribution in [0.3, 0.4) is 0 Å². The van der Waals surface area contributed by atoms with Crippen molar-refractivity contribution >= 4 is 5.96 Å². The van der Waals surface area contributed by atoms with E-state index in [1.807, 2.05) is 36.4 Å². The summed E-state index contributed by atoms with van der Waals surface area (Å²) in [6.07, 6.45) is 0. The standard InChI is InChI=1S/C23H29N5O2/c1-25-23(26-16-19-5-3-18(15-24)4-6-19)27-17-22(28-11-13-30-14-12-28)20-7-9-21(29-2)10-8-20/h3-10,22H,11-14,16-17H2,1-2H3,(H2,25,26,27). The predicted octanol–water partition coefficient (Wildman–Crippen LogP) is 2.31. The summed E-state index contributed by atoms with van der Waals surface area (Å²) in [5.74, 6) is 1.60. The van der Waals surface area contributed by atoms with Gasteiger partial charge in [-0.25, -0.2) is 0 Å². The van der Waals surface area contributed by atoms with E-state index in [-0.39, 0.29) is 6.04 Å². The highest BCUT2D eigenvalue weighted by molar-refractivity contribution is 5.79. The molecule has 1 heterocycles. The van der Waals surface area contributed by atoms with Crippen LogP contribution in [-0.2, 0) is 11.3 Å².